The van der Waals surface area contributed by atoms with Crippen LogP contribution < -0.4 is 10.6 Å². The highest BCUT2D eigenvalue weighted by Crippen LogP contribution is 2.11. The number of carbonyl (C=O) groups is 2. The zero-order chi connectivity index (χ0) is 13.9. The van der Waals surface area contributed by atoms with E-state index < -0.39 is 33.9 Å². The first kappa shape index (κ1) is 14.7. The Kier molecular flexibility index (Phi) is 4.55. The SMILES string of the molecule is CC(C)[C@H](NC(=O)N[C@@H]1CCS(=O)(=O)C1)C(=O)O. The number of rotatable bonds is 4. The molecule has 0 aliphatic carbocycles. The predicted molar refractivity (Wildman–Crippen MR) is 65.0 cm³/mol. The third-order valence-corrected chi connectivity index (χ3v) is 4.55. The molecule has 0 saturated carbocycles. The molecule has 2 amide bonds. The molecule has 0 unspecified atom stereocenters. The molecule has 2 atom stereocenters. The number of sulfone groups is 1. The molecular weight excluding hydrogens is 260 g/mol. The summed E-state index contributed by atoms with van der Waals surface area (Å²) in [6.07, 6.45) is 0.370. The Morgan fingerprint density at radius 2 is 1.94 bits per heavy atom. The molecule has 1 heterocycles. The molecule has 18 heavy (non-hydrogen) atoms. The highest BCUT2D eigenvalue weighted by Gasteiger charge is 2.30. The third-order valence-electron chi connectivity index (χ3n) is 2.79. The van der Waals surface area contributed by atoms with E-state index in [1.807, 2.05) is 0 Å². The molecule has 104 valence electrons. The van der Waals surface area contributed by atoms with E-state index >= 15 is 0 Å². The first-order valence-corrected chi connectivity index (χ1v) is 7.53. The molecule has 3 N–H and O–H groups in total. The quantitative estimate of drug-likeness (QED) is 0.646. The molecule has 0 aromatic carbocycles. The Bertz CT molecular complexity index is 432. The minimum absolute atomic E-state index is 0.0600. The van der Waals surface area contributed by atoms with Gasteiger partial charge in [-0.3, -0.25) is 0 Å². The summed E-state index contributed by atoms with van der Waals surface area (Å²) >= 11 is 0. The van der Waals surface area contributed by atoms with Crippen molar-refractivity contribution in [2.75, 3.05) is 11.5 Å². The minimum Gasteiger partial charge on any atom is -0.480 e. The van der Waals surface area contributed by atoms with Crippen LogP contribution in [-0.4, -0.2) is 49.1 Å². The smallest absolute Gasteiger partial charge is 0.326 e. The first-order chi connectivity index (χ1) is 8.21. The van der Waals surface area contributed by atoms with E-state index in [9.17, 15) is 18.0 Å². The summed E-state index contributed by atoms with van der Waals surface area (Å²) in [7, 11) is -3.06. The zero-order valence-corrected chi connectivity index (χ0v) is 11.2. The number of nitrogens with one attached hydrogen (secondary N) is 2. The van der Waals surface area contributed by atoms with Gasteiger partial charge in [0, 0.05) is 6.04 Å². The second kappa shape index (κ2) is 5.55. The summed E-state index contributed by atoms with van der Waals surface area (Å²) in [5.41, 5.74) is 0. The van der Waals surface area contributed by atoms with E-state index in [1.54, 1.807) is 13.8 Å². The zero-order valence-electron chi connectivity index (χ0n) is 10.3. The van der Waals surface area contributed by atoms with E-state index in [0.29, 0.717) is 6.42 Å². The van der Waals surface area contributed by atoms with Crippen molar-refractivity contribution in [1.82, 2.24) is 10.6 Å². The van der Waals surface area contributed by atoms with Gasteiger partial charge in [0.25, 0.3) is 0 Å². The van der Waals surface area contributed by atoms with Crippen LogP contribution in [0.2, 0.25) is 0 Å². The number of carboxylic acid groups (broad SMARTS) is 1. The van der Waals surface area contributed by atoms with Crippen LogP contribution in [0.4, 0.5) is 4.79 Å². The summed E-state index contributed by atoms with van der Waals surface area (Å²) in [6, 6.07) is -2.06. The molecule has 0 aromatic rings. The second-order valence-corrected chi connectivity index (χ2v) is 7.01. The van der Waals surface area contributed by atoms with Crippen molar-refractivity contribution in [2.24, 2.45) is 5.92 Å². The van der Waals surface area contributed by atoms with Gasteiger partial charge in [0.05, 0.1) is 11.5 Å². The van der Waals surface area contributed by atoms with Gasteiger partial charge in [0.1, 0.15) is 6.04 Å². The largest absolute Gasteiger partial charge is 0.480 e. The summed E-state index contributed by atoms with van der Waals surface area (Å²) in [6.45, 7) is 3.36. The molecule has 0 spiro atoms. The monoisotopic (exact) mass is 278 g/mol. The normalized spacial score (nSPS) is 23.6. The summed E-state index contributed by atoms with van der Waals surface area (Å²) < 4.78 is 22.4. The molecule has 0 bridgehead atoms. The van der Waals surface area contributed by atoms with Crippen molar-refractivity contribution in [3.63, 3.8) is 0 Å². The lowest BCUT2D eigenvalue weighted by Crippen LogP contribution is -2.51. The van der Waals surface area contributed by atoms with Gasteiger partial charge in [-0.2, -0.15) is 0 Å². The fourth-order valence-corrected chi connectivity index (χ4v) is 3.46. The molecule has 0 radical (unpaired) electrons. The fraction of sp³-hybridized carbons (Fsp3) is 0.800. The third kappa shape index (κ3) is 4.17. The maximum absolute atomic E-state index is 11.5. The molecule has 1 aliphatic heterocycles. The number of urea groups is 1. The fourth-order valence-electron chi connectivity index (χ4n) is 1.79. The molecule has 7 nitrogen and oxygen atoms in total. The van der Waals surface area contributed by atoms with Gasteiger partial charge in [0.15, 0.2) is 9.84 Å². The van der Waals surface area contributed by atoms with Gasteiger partial charge in [0.2, 0.25) is 0 Å². The minimum atomic E-state index is -3.06. The molecule has 0 aromatic heterocycles. The van der Waals surface area contributed by atoms with Crippen LogP contribution in [0.3, 0.4) is 0 Å². The van der Waals surface area contributed by atoms with E-state index in [4.69, 9.17) is 5.11 Å². The van der Waals surface area contributed by atoms with E-state index in [1.165, 1.54) is 0 Å². The van der Waals surface area contributed by atoms with Crippen LogP contribution in [-0.2, 0) is 14.6 Å². The molecule has 1 rings (SSSR count). The second-order valence-electron chi connectivity index (χ2n) is 4.78. The van der Waals surface area contributed by atoms with Crippen LogP contribution in [0.1, 0.15) is 20.3 Å². The van der Waals surface area contributed by atoms with Gasteiger partial charge in [-0.05, 0) is 12.3 Å². The number of amides is 2. The summed E-state index contributed by atoms with van der Waals surface area (Å²) in [5.74, 6) is -1.38. The topological polar surface area (TPSA) is 113 Å². The van der Waals surface area contributed by atoms with Crippen molar-refractivity contribution >= 4 is 21.8 Å². The van der Waals surface area contributed by atoms with Crippen molar-refractivity contribution in [1.29, 1.82) is 0 Å². The lowest BCUT2D eigenvalue weighted by molar-refractivity contribution is -0.140. The molecule has 1 fully saturated rings. The van der Waals surface area contributed by atoms with Crippen molar-refractivity contribution in [3.05, 3.63) is 0 Å². The molecular formula is C10H18N2O5S. The van der Waals surface area contributed by atoms with Gasteiger partial charge in [-0.25, -0.2) is 18.0 Å². The van der Waals surface area contributed by atoms with E-state index in [2.05, 4.69) is 10.6 Å². The summed E-state index contributed by atoms with van der Waals surface area (Å²) in [5, 5.41) is 13.7. The van der Waals surface area contributed by atoms with Crippen LogP contribution in [0, 0.1) is 5.92 Å². The van der Waals surface area contributed by atoms with Crippen LogP contribution >= 0.6 is 0 Å². The average Bonchev–Trinajstić information content (AvgIpc) is 2.53. The number of carbonyl (C=O) groups excluding carboxylic acids is 1. The van der Waals surface area contributed by atoms with Crippen LogP contribution in [0.25, 0.3) is 0 Å². The molecule has 8 heteroatoms. The van der Waals surface area contributed by atoms with Crippen LogP contribution in [0.15, 0.2) is 0 Å². The summed E-state index contributed by atoms with van der Waals surface area (Å²) in [4.78, 5) is 22.4. The predicted octanol–water partition coefficient (Wildman–Crippen LogP) is -0.418. The van der Waals surface area contributed by atoms with Crippen molar-refractivity contribution in [3.8, 4) is 0 Å². The molecule has 1 aliphatic rings. The highest BCUT2D eigenvalue weighted by molar-refractivity contribution is 7.91. The average molecular weight is 278 g/mol. The lowest BCUT2D eigenvalue weighted by atomic mass is 10.1. The number of aliphatic carboxylic acids is 1. The van der Waals surface area contributed by atoms with Gasteiger partial charge < -0.3 is 15.7 Å². The molecule has 1 saturated heterocycles. The van der Waals surface area contributed by atoms with Crippen molar-refractivity contribution < 1.29 is 23.1 Å². The highest BCUT2D eigenvalue weighted by atomic mass is 32.2. The van der Waals surface area contributed by atoms with Gasteiger partial charge in [-0.1, -0.05) is 13.8 Å². The first-order valence-electron chi connectivity index (χ1n) is 5.71. The van der Waals surface area contributed by atoms with E-state index in [-0.39, 0.29) is 17.4 Å². The standard InChI is InChI=1S/C10H18N2O5S/c1-6(2)8(9(13)14)12-10(15)11-7-3-4-18(16,17)5-7/h6-8H,3-5H2,1-2H3,(H,13,14)(H2,11,12,15)/t7-,8+/m1/s1. The lowest BCUT2D eigenvalue weighted by Gasteiger charge is -2.19. The van der Waals surface area contributed by atoms with Crippen LogP contribution in [0.5, 0.6) is 0 Å². The number of hydrogen-bond donors (Lipinski definition) is 3. The van der Waals surface area contributed by atoms with E-state index in [0.717, 1.165) is 0 Å². The van der Waals surface area contributed by atoms with Gasteiger partial charge >= 0.3 is 12.0 Å². The maximum Gasteiger partial charge on any atom is 0.326 e. The number of carboxylic acids is 1. The number of hydrogen-bond acceptors (Lipinski definition) is 4. The Morgan fingerprint density at radius 1 is 1.33 bits per heavy atom. The Labute approximate surface area is 106 Å². The Balaban J connectivity index is 2.49. The van der Waals surface area contributed by atoms with Crippen molar-refractivity contribution in [2.45, 2.75) is 32.4 Å². The Hall–Kier alpha value is -1.31. The Morgan fingerprint density at radius 3 is 2.33 bits per heavy atom. The maximum atomic E-state index is 11.5. The van der Waals surface area contributed by atoms with Gasteiger partial charge in [-0.15, -0.1) is 0 Å².